The van der Waals surface area contributed by atoms with Gasteiger partial charge in [0.25, 0.3) is 0 Å². The molecule has 1 unspecified atom stereocenters. The van der Waals surface area contributed by atoms with Crippen molar-refractivity contribution in [2.75, 3.05) is 6.61 Å². The number of aryl methyl sites for hydroxylation is 1. The third kappa shape index (κ3) is 1.84. The Kier molecular flexibility index (Phi) is 2.71. The fraction of sp³-hybridized carbons (Fsp3) is 0.556. The van der Waals surface area contributed by atoms with Gasteiger partial charge in [0.05, 0.1) is 0 Å². The first kappa shape index (κ1) is 8.34. The van der Waals surface area contributed by atoms with Crippen LogP contribution in [-0.4, -0.2) is 16.3 Å². The molecule has 2 heteroatoms. The molecule has 1 N–H and O–H groups in total. The number of hydrogen-bond acceptors (Lipinski definition) is 1. The van der Waals surface area contributed by atoms with Crippen molar-refractivity contribution in [3.05, 3.63) is 24.0 Å². The highest BCUT2D eigenvalue weighted by atomic mass is 16.3. The molecule has 1 aromatic heterocycles. The maximum atomic E-state index is 8.72. The van der Waals surface area contributed by atoms with Crippen LogP contribution in [0.1, 0.15) is 25.0 Å². The topological polar surface area (TPSA) is 25.2 Å². The van der Waals surface area contributed by atoms with Gasteiger partial charge in [0.2, 0.25) is 0 Å². The molecule has 62 valence electrons. The van der Waals surface area contributed by atoms with Gasteiger partial charge in [-0.25, -0.2) is 0 Å². The van der Waals surface area contributed by atoms with Gasteiger partial charge in [-0.15, -0.1) is 0 Å². The first-order chi connectivity index (χ1) is 5.25. The number of nitrogens with zero attached hydrogens (tertiary/aromatic N) is 1. The molecule has 0 spiro atoms. The Hall–Kier alpha value is -0.760. The molecule has 0 saturated carbocycles. The second-order valence-electron chi connectivity index (χ2n) is 2.96. The van der Waals surface area contributed by atoms with E-state index in [0.29, 0.717) is 5.92 Å². The predicted molar refractivity (Wildman–Crippen MR) is 45.5 cm³/mol. The Morgan fingerprint density at radius 3 is 2.82 bits per heavy atom. The van der Waals surface area contributed by atoms with Gasteiger partial charge in [-0.1, -0.05) is 6.92 Å². The minimum absolute atomic E-state index is 0.270. The van der Waals surface area contributed by atoms with Crippen molar-refractivity contribution >= 4 is 0 Å². The number of aromatic nitrogens is 1. The minimum atomic E-state index is 0.270. The smallest absolute Gasteiger partial charge is 0.0437 e. The standard InChI is InChI=1S/C9H15NO/c1-8(5-7-11)9-4-3-6-10(9)2/h3-4,6,8,11H,5,7H2,1-2H3. The summed E-state index contributed by atoms with van der Waals surface area (Å²) in [4.78, 5) is 0. The summed E-state index contributed by atoms with van der Waals surface area (Å²) in [6.45, 7) is 2.40. The van der Waals surface area contributed by atoms with E-state index in [9.17, 15) is 0 Å². The van der Waals surface area contributed by atoms with Gasteiger partial charge >= 0.3 is 0 Å². The minimum Gasteiger partial charge on any atom is -0.396 e. The molecule has 1 heterocycles. The van der Waals surface area contributed by atoms with Crippen LogP contribution in [0.5, 0.6) is 0 Å². The molecule has 0 fully saturated rings. The fourth-order valence-corrected chi connectivity index (χ4v) is 1.33. The molecule has 0 bridgehead atoms. The van der Waals surface area contributed by atoms with Crippen molar-refractivity contribution in [1.29, 1.82) is 0 Å². The molecule has 0 aliphatic carbocycles. The molecule has 1 atom stereocenters. The van der Waals surface area contributed by atoms with Gasteiger partial charge in [-0.3, -0.25) is 0 Å². The van der Waals surface area contributed by atoms with E-state index in [2.05, 4.69) is 17.6 Å². The Labute approximate surface area is 67.5 Å². The summed E-state index contributed by atoms with van der Waals surface area (Å²) in [5.74, 6) is 0.458. The summed E-state index contributed by atoms with van der Waals surface area (Å²) >= 11 is 0. The number of aliphatic hydroxyl groups is 1. The van der Waals surface area contributed by atoms with Crippen LogP contribution >= 0.6 is 0 Å². The highest BCUT2D eigenvalue weighted by Gasteiger charge is 2.06. The molecule has 2 nitrogen and oxygen atoms in total. The van der Waals surface area contributed by atoms with Gasteiger partial charge in [0, 0.05) is 25.5 Å². The number of rotatable bonds is 3. The van der Waals surface area contributed by atoms with Crippen LogP contribution in [0.3, 0.4) is 0 Å². The third-order valence-corrected chi connectivity index (χ3v) is 2.05. The van der Waals surface area contributed by atoms with Crippen LogP contribution in [0.25, 0.3) is 0 Å². The zero-order chi connectivity index (χ0) is 8.27. The Morgan fingerprint density at radius 1 is 1.64 bits per heavy atom. The van der Waals surface area contributed by atoms with Crippen LogP contribution in [0.4, 0.5) is 0 Å². The average Bonchev–Trinajstić information content (AvgIpc) is 2.36. The lowest BCUT2D eigenvalue weighted by molar-refractivity contribution is 0.277. The number of aliphatic hydroxyl groups excluding tert-OH is 1. The van der Waals surface area contributed by atoms with Crippen molar-refractivity contribution in [1.82, 2.24) is 4.57 Å². The van der Waals surface area contributed by atoms with E-state index in [1.54, 1.807) is 0 Å². The normalized spacial score (nSPS) is 13.4. The second kappa shape index (κ2) is 3.58. The Bertz CT molecular complexity index is 217. The summed E-state index contributed by atoms with van der Waals surface area (Å²) in [6.07, 6.45) is 2.88. The van der Waals surface area contributed by atoms with Crippen LogP contribution in [0.2, 0.25) is 0 Å². The van der Waals surface area contributed by atoms with Crippen molar-refractivity contribution in [3.8, 4) is 0 Å². The summed E-state index contributed by atoms with van der Waals surface area (Å²) < 4.78 is 2.10. The summed E-state index contributed by atoms with van der Waals surface area (Å²) in [5.41, 5.74) is 1.29. The van der Waals surface area contributed by atoms with E-state index in [0.717, 1.165) is 6.42 Å². The lowest BCUT2D eigenvalue weighted by Gasteiger charge is -2.10. The van der Waals surface area contributed by atoms with E-state index < -0.39 is 0 Å². The number of hydrogen-bond donors (Lipinski definition) is 1. The maximum absolute atomic E-state index is 8.72. The SMILES string of the molecule is CC(CCO)c1cccn1C. The Balaban J connectivity index is 2.67. The fourth-order valence-electron chi connectivity index (χ4n) is 1.33. The van der Waals surface area contributed by atoms with Crippen molar-refractivity contribution < 1.29 is 5.11 Å². The monoisotopic (exact) mass is 153 g/mol. The van der Waals surface area contributed by atoms with Gasteiger partial charge in [-0.05, 0) is 24.5 Å². The maximum Gasteiger partial charge on any atom is 0.0437 e. The van der Waals surface area contributed by atoms with Crippen molar-refractivity contribution in [3.63, 3.8) is 0 Å². The van der Waals surface area contributed by atoms with Crippen LogP contribution in [0.15, 0.2) is 18.3 Å². The van der Waals surface area contributed by atoms with E-state index in [-0.39, 0.29) is 6.61 Å². The predicted octanol–water partition coefficient (Wildman–Crippen LogP) is 1.51. The lowest BCUT2D eigenvalue weighted by Crippen LogP contribution is -2.02. The van der Waals surface area contributed by atoms with Crippen molar-refractivity contribution in [2.45, 2.75) is 19.3 Å². The molecule has 1 aromatic rings. The molecule has 0 radical (unpaired) electrons. The quantitative estimate of drug-likeness (QED) is 0.699. The molecule has 0 saturated heterocycles. The van der Waals surface area contributed by atoms with Crippen molar-refractivity contribution in [2.24, 2.45) is 7.05 Å². The molecular weight excluding hydrogens is 138 g/mol. The first-order valence-corrected chi connectivity index (χ1v) is 3.97. The molecular formula is C9H15NO. The zero-order valence-corrected chi connectivity index (χ0v) is 7.12. The molecule has 0 aliphatic rings. The van der Waals surface area contributed by atoms with Gasteiger partial charge in [0.15, 0.2) is 0 Å². The van der Waals surface area contributed by atoms with Gasteiger partial charge in [0.1, 0.15) is 0 Å². The van der Waals surface area contributed by atoms with E-state index in [1.165, 1.54) is 5.69 Å². The molecule has 11 heavy (non-hydrogen) atoms. The van der Waals surface area contributed by atoms with E-state index in [4.69, 9.17) is 5.11 Å². The largest absolute Gasteiger partial charge is 0.396 e. The molecule has 1 rings (SSSR count). The molecule has 0 aromatic carbocycles. The lowest BCUT2D eigenvalue weighted by atomic mass is 10.1. The van der Waals surface area contributed by atoms with Gasteiger partial charge in [-0.2, -0.15) is 0 Å². The van der Waals surface area contributed by atoms with Crippen LogP contribution in [0, 0.1) is 0 Å². The highest BCUT2D eigenvalue weighted by molar-refractivity contribution is 5.11. The molecule has 0 aliphatic heterocycles. The third-order valence-electron chi connectivity index (χ3n) is 2.05. The van der Waals surface area contributed by atoms with Crippen LogP contribution < -0.4 is 0 Å². The average molecular weight is 153 g/mol. The summed E-state index contributed by atoms with van der Waals surface area (Å²) in [5, 5.41) is 8.72. The van der Waals surface area contributed by atoms with E-state index >= 15 is 0 Å². The molecule has 0 amide bonds. The van der Waals surface area contributed by atoms with Gasteiger partial charge < -0.3 is 9.67 Å². The van der Waals surface area contributed by atoms with E-state index in [1.807, 2.05) is 19.3 Å². The highest BCUT2D eigenvalue weighted by Crippen LogP contribution is 2.17. The second-order valence-corrected chi connectivity index (χ2v) is 2.96. The summed E-state index contributed by atoms with van der Waals surface area (Å²) in [7, 11) is 2.03. The van der Waals surface area contributed by atoms with Crippen LogP contribution in [-0.2, 0) is 7.05 Å². The zero-order valence-electron chi connectivity index (χ0n) is 7.12. The summed E-state index contributed by atoms with van der Waals surface area (Å²) in [6, 6.07) is 4.13. The first-order valence-electron chi connectivity index (χ1n) is 3.97. The Morgan fingerprint density at radius 2 is 2.36 bits per heavy atom.